The van der Waals surface area contributed by atoms with Gasteiger partial charge in [0, 0.05) is 33.1 Å². The summed E-state index contributed by atoms with van der Waals surface area (Å²) < 4.78 is 29.8. The Balaban J connectivity index is 1.47. The standard InChI is InChI=1S/C24H18F2N6O2S/c1-14(24(34,11-31-13-28-12-30-31)19-5-3-16(25)6-20(19)26)32-10-22-18(23(32)33)7-21(35-22)15-2-4-17(8-27)29-9-15/h2-7,9,12-14,34H,10-11H2,1H3/t14-,24-/m1/s1. The fourth-order valence-corrected chi connectivity index (χ4v) is 5.41. The fourth-order valence-electron chi connectivity index (χ4n) is 4.27. The van der Waals surface area contributed by atoms with E-state index in [0.29, 0.717) is 17.3 Å². The Labute approximate surface area is 202 Å². The first kappa shape index (κ1) is 22.8. The maximum absolute atomic E-state index is 14.8. The highest BCUT2D eigenvalue weighted by molar-refractivity contribution is 7.16. The lowest BCUT2D eigenvalue weighted by Gasteiger charge is -2.39. The summed E-state index contributed by atoms with van der Waals surface area (Å²) in [5.74, 6) is -2.00. The monoisotopic (exact) mass is 492 g/mol. The molecule has 0 saturated carbocycles. The van der Waals surface area contributed by atoms with Gasteiger partial charge in [-0.15, -0.1) is 11.3 Å². The minimum absolute atomic E-state index is 0.144. The van der Waals surface area contributed by atoms with Crippen LogP contribution in [0.4, 0.5) is 8.78 Å². The molecule has 0 bridgehead atoms. The van der Waals surface area contributed by atoms with Gasteiger partial charge in [-0.1, -0.05) is 6.07 Å². The molecule has 1 aromatic carbocycles. The molecule has 1 N–H and O–H groups in total. The van der Waals surface area contributed by atoms with Gasteiger partial charge < -0.3 is 10.0 Å². The van der Waals surface area contributed by atoms with Crippen LogP contribution in [-0.4, -0.2) is 41.7 Å². The van der Waals surface area contributed by atoms with E-state index in [0.717, 1.165) is 21.4 Å². The van der Waals surface area contributed by atoms with Crippen molar-refractivity contribution in [3.8, 4) is 16.5 Å². The van der Waals surface area contributed by atoms with Crippen molar-refractivity contribution in [2.24, 2.45) is 0 Å². The third-order valence-corrected chi connectivity index (χ3v) is 7.37. The number of amides is 1. The zero-order valence-electron chi connectivity index (χ0n) is 18.4. The molecule has 0 unspecified atom stereocenters. The molecule has 176 valence electrons. The number of carbonyl (C=O) groups excluding carboxylic acids is 1. The summed E-state index contributed by atoms with van der Waals surface area (Å²) in [6, 6.07) is 9.17. The maximum atomic E-state index is 14.8. The Hall–Kier alpha value is -4.01. The summed E-state index contributed by atoms with van der Waals surface area (Å²) in [4.78, 5) is 24.4. The van der Waals surface area contributed by atoms with E-state index in [1.54, 1.807) is 31.3 Å². The molecule has 1 amide bonds. The third-order valence-electron chi connectivity index (χ3n) is 6.20. The maximum Gasteiger partial charge on any atom is 0.255 e. The topological polar surface area (TPSA) is 108 Å². The number of pyridine rings is 1. The van der Waals surface area contributed by atoms with Crippen molar-refractivity contribution in [3.05, 3.63) is 88.6 Å². The van der Waals surface area contributed by atoms with Gasteiger partial charge >= 0.3 is 0 Å². The molecule has 11 heteroatoms. The molecule has 0 saturated heterocycles. The molecular weight excluding hydrogens is 474 g/mol. The van der Waals surface area contributed by atoms with Crippen molar-refractivity contribution in [2.75, 3.05) is 0 Å². The van der Waals surface area contributed by atoms with Crippen LogP contribution < -0.4 is 0 Å². The van der Waals surface area contributed by atoms with E-state index in [-0.39, 0.29) is 24.6 Å². The predicted octanol–water partition coefficient (Wildman–Crippen LogP) is 3.48. The van der Waals surface area contributed by atoms with Crippen LogP contribution in [0.15, 0.2) is 55.2 Å². The van der Waals surface area contributed by atoms with Gasteiger partial charge in [0.05, 0.1) is 24.7 Å². The number of hydrogen-bond acceptors (Lipinski definition) is 7. The van der Waals surface area contributed by atoms with Crippen LogP contribution in [0.25, 0.3) is 10.4 Å². The van der Waals surface area contributed by atoms with E-state index in [4.69, 9.17) is 5.26 Å². The number of nitrogens with zero attached hydrogens (tertiary/aromatic N) is 6. The van der Waals surface area contributed by atoms with Gasteiger partial charge in [-0.05, 0) is 31.2 Å². The summed E-state index contributed by atoms with van der Waals surface area (Å²) in [5.41, 5.74) is -0.492. The Morgan fingerprint density at radius 2 is 2.11 bits per heavy atom. The molecule has 3 aromatic heterocycles. The Kier molecular flexibility index (Phi) is 5.62. The summed E-state index contributed by atoms with van der Waals surface area (Å²) in [7, 11) is 0. The average molecular weight is 493 g/mol. The summed E-state index contributed by atoms with van der Waals surface area (Å²) in [5, 5.41) is 24.7. The number of rotatable bonds is 6. The van der Waals surface area contributed by atoms with Crippen LogP contribution >= 0.6 is 11.3 Å². The van der Waals surface area contributed by atoms with E-state index < -0.39 is 23.3 Å². The largest absolute Gasteiger partial charge is 0.381 e. The van der Waals surface area contributed by atoms with Crippen molar-refractivity contribution in [3.63, 3.8) is 0 Å². The van der Waals surface area contributed by atoms with Gasteiger partial charge in [0.1, 0.15) is 41.7 Å². The van der Waals surface area contributed by atoms with E-state index in [1.165, 1.54) is 39.6 Å². The number of halogens is 2. The fraction of sp³-hybridized carbons (Fsp3) is 0.208. The number of aromatic nitrogens is 4. The number of aliphatic hydroxyl groups is 1. The minimum atomic E-state index is -1.92. The second-order valence-corrected chi connectivity index (χ2v) is 9.38. The first-order valence-corrected chi connectivity index (χ1v) is 11.4. The van der Waals surface area contributed by atoms with E-state index in [1.807, 2.05) is 6.07 Å². The van der Waals surface area contributed by atoms with Gasteiger partial charge in [0.15, 0.2) is 0 Å². The van der Waals surface area contributed by atoms with E-state index in [9.17, 15) is 18.7 Å². The smallest absolute Gasteiger partial charge is 0.255 e. The van der Waals surface area contributed by atoms with Crippen LogP contribution in [0.5, 0.6) is 0 Å². The zero-order chi connectivity index (χ0) is 24.7. The van der Waals surface area contributed by atoms with Crippen LogP contribution in [0, 0.1) is 23.0 Å². The lowest BCUT2D eigenvalue weighted by molar-refractivity contribution is -0.0555. The highest BCUT2D eigenvalue weighted by atomic mass is 32.1. The van der Waals surface area contributed by atoms with Crippen molar-refractivity contribution < 1.29 is 18.7 Å². The number of thiophene rings is 1. The summed E-state index contributed by atoms with van der Waals surface area (Å²) in [6.07, 6.45) is 4.24. The lowest BCUT2D eigenvalue weighted by atomic mass is 9.85. The van der Waals surface area contributed by atoms with Crippen LogP contribution in [0.3, 0.4) is 0 Å². The van der Waals surface area contributed by atoms with Crippen LogP contribution in [0.2, 0.25) is 0 Å². The second-order valence-electron chi connectivity index (χ2n) is 8.24. The molecule has 0 spiro atoms. The third kappa shape index (κ3) is 3.96. The second kappa shape index (κ2) is 8.65. The van der Waals surface area contributed by atoms with Crippen LogP contribution in [-0.2, 0) is 18.7 Å². The molecule has 1 aliphatic heterocycles. The Morgan fingerprint density at radius 3 is 2.74 bits per heavy atom. The van der Waals surface area contributed by atoms with Gasteiger partial charge in [-0.3, -0.25) is 4.79 Å². The average Bonchev–Trinajstić information content (AvgIpc) is 3.57. The highest BCUT2D eigenvalue weighted by Gasteiger charge is 2.46. The molecule has 0 aliphatic carbocycles. The molecule has 8 nitrogen and oxygen atoms in total. The number of carbonyl (C=O) groups is 1. The zero-order valence-corrected chi connectivity index (χ0v) is 19.2. The molecule has 1 aliphatic rings. The molecular formula is C24H18F2N6O2S. The van der Waals surface area contributed by atoms with Gasteiger partial charge in [-0.25, -0.2) is 23.4 Å². The van der Waals surface area contributed by atoms with Gasteiger partial charge in [-0.2, -0.15) is 10.4 Å². The molecule has 5 rings (SSSR count). The minimum Gasteiger partial charge on any atom is -0.381 e. The molecule has 0 radical (unpaired) electrons. The van der Waals surface area contributed by atoms with Crippen molar-refractivity contribution in [2.45, 2.75) is 31.7 Å². The Bertz CT molecular complexity index is 1450. The summed E-state index contributed by atoms with van der Waals surface area (Å²) in [6.45, 7) is 1.64. The van der Waals surface area contributed by atoms with E-state index >= 15 is 0 Å². The number of fused-ring (bicyclic) bond motifs is 1. The normalized spacial score (nSPS) is 15.5. The molecule has 4 heterocycles. The molecule has 35 heavy (non-hydrogen) atoms. The van der Waals surface area contributed by atoms with E-state index in [2.05, 4.69) is 15.1 Å². The first-order chi connectivity index (χ1) is 16.8. The summed E-state index contributed by atoms with van der Waals surface area (Å²) >= 11 is 1.41. The molecule has 2 atom stereocenters. The number of benzene rings is 1. The number of nitriles is 1. The van der Waals surface area contributed by atoms with Gasteiger partial charge in [0.2, 0.25) is 0 Å². The molecule has 4 aromatic rings. The van der Waals surface area contributed by atoms with Crippen molar-refractivity contribution in [1.29, 1.82) is 5.26 Å². The first-order valence-electron chi connectivity index (χ1n) is 10.6. The van der Waals surface area contributed by atoms with Crippen LogP contribution in [0.1, 0.15) is 33.4 Å². The quantitative estimate of drug-likeness (QED) is 0.442. The number of hydrogen-bond donors (Lipinski definition) is 1. The Morgan fingerprint density at radius 1 is 1.29 bits per heavy atom. The molecule has 0 fully saturated rings. The SMILES string of the molecule is C[C@@H](N1Cc2sc(-c3ccc(C#N)nc3)cc2C1=O)[C@](O)(Cn1cncn1)c1ccc(F)cc1F. The van der Waals surface area contributed by atoms with Gasteiger partial charge in [0.25, 0.3) is 5.91 Å². The van der Waals surface area contributed by atoms with Crippen molar-refractivity contribution in [1.82, 2.24) is 24.6 Å². The van der Waals surface area contributed by atoms with Crippen molar-refractivity contribution >= 4 is 17.2 Å². The predicted molar refractivity (Wildman–Crippen MR) is 122 cm³/mol. The highest BCUT2D eigenvalue weighted by Crippen LogP contribution is 2.41. The lowest BCUT2D eigenvalue weighted by Crippen LogP contribution is -2.52.